The van der Waals surface area contributed by atoms with Gasteiger partial charge < -0.3 is 9.47 Å². The van der Waals surface area contributed by atoms with Crippen LogP contribution < -0.4 is 4.74 Å². The molecule has 0 saturated heterocycles. The summed E-state index contributed by atoms with van der Waals surface area (Å²) >= 11 is 0. The number of esters is 1. The predicted molar refractivity (Wildman–Crippen MR) is 119 cm³/mol. The summed E-state index contributed by atoms with van der Waals surface area (Å²) in [5.41, 5.74) is 4.21. The fourth-order valence-electron chi connectivity index (χ4n) is 3.14. The van der Waals surface area contributed by atoms with Gasteiger partial charge >= 0.3 is 5.97 Å². The maximum atomic E-state index is 13.0. The van der Waals surface area contributed by atoms with Gasteiger partial charge in [-0.3, -0.25) is 4.79 Å². The molecule has 0 atom stereocenters. The average molecular weight is 400 g/mol. The van der Waals surface area contributed by atoms with Gasteiger partial charge in [-0.05, 0) is 43.2 Å². The summed E-state index contributed by atoms with van der Waals surface area (Å²) in [6.45, 7) is 3.47. The van der Waals surface area contributed by atoms with Crippen LogP contribution in [0.2, 0.25) is 0 Å². The minimum Gasteiger partial charge on any atom is -0.496 e. The highest BCUT2D eigenvalue weighted by Gasteiger charge is 2.18. The molecule has 4 nitrogen and oxygen atoms in total. The molecule has 0 fully saturated rings. The van der Waals surface area contributed by atoms with Crippen molar-refractivity contribution in [3.8, 4) is 5.75 Å². The number of carbonyl (C=O) groups excluding carboxylic acids is 2. The van der Waals surface area contributed by atoms with Crippen molar-refractivity contribution < 1.29 is 19.1 Å². The molecule has 0 aliphatic heterocycles. The topological polar surface area (TPSA) is 52.6 Å². The molecule has 30 heavy (non-hydrogen) atoms. The van der Waals surface area contributed by atoms with E-state index in [-0.39, 0.29) is 12.4 Å². The Bertz CT molecular complexity index is 1080. The smallest absolute Gasteiger partial charge is 0.339 e. The monoisotopic (exact) mass is 400 g/mol. The first kappa shape index (κ1) is 21.1. The SMILES string of the molecule is COc1ccccc1/C=C(/C(=O)OCC(=O)c1cc(C)ccc1C)c1ccccc1. The third-order valence-electron chi connectivity index (χ3n) is 4.77. The maximum Gasteiger partial charge on any atom is 0.339 e. The summed E-state index contributed by atoms with van der Waals surface area (Å²) < 4.78 is 10.8. The zero-order valence-electron chi connectivity index (χ0n) is 17.3. The van der Waals surface area contributed by atoms with Gasteiger partial charge in [-0.25, -0.2) is 4.79 Å². The summed E-state index contributed by atoms with van der Waals surface area (Å²) in [5, 5.41) is 0. The summed E-state index contributed by atoms with van der Waals surface area (Å²) in [6, 6.07) is 22.3. The van der Waals surface area contributed by atoms with Crippen LogP contribution in [0.3, 0.4) is 0 Å². The van der Waals surface area contributed by atoms with Crippen LogP contribution in [-0.2, 0) is 9.53 Å². The number of methoxy groups -OCH3 is 1. The Balaban J connectivity index is 1.87. The number of carbonyl (C=O) groups is 2. The minimum atomic E-state index is -0.564. The standard InChI is InChI=1S/C26H24O4/c1-18-13-14-19(2)22(15-18)24(27)17-30-26(28)23(20-9-5-4-6-10-20)16-21-11-7-8-12-25(21)29-3/h4-16H,17H2,1-3H3/b23-16+. The lowest BCUT2D eigenvalue weighted by Gasteiger charge is -2.11. The molecule has 3 rings (SSSR count). The van der Waals surface area contributed by atoms with Crippen LogP contribution in [0.5, 0.6) is 5.75 Å². The Morgan fingerprint density at radius 1 is 0.900 bits per heavy atom. The lowest BCUT2D eigenvalue weighted by molar-refractivity contribution is -0.135. The molecule has 0 amide bonds. The largest absolute Gasteiger partial charge is 0.496 e. The van der Waals surface area contributed by atoms with Crippen LogP contribution >= 0.6 is 0 Å². The first-order valence-corrected chi connectivity index (χ1v) is 9.67. The quantitative estimate of drug-likeness (QED) is 0.234. The summed E-state index contributed by atoms with van der Waals surface area (Å²) in [4.78, 5) is 25.6. The van der Waals surface area contributed by atoms with Crippen molar-refractivity contribution in [2.75, 3.05) is 13.7 Å². The third-order valence-corrected chi connectivity index (χ3v) is 4.77. The highest BCUT2D eigenvalue weighted by Crippen LogP contribution is 2.25. The molecular formula is C26H24O4. The molecular weight excluding hydrogens is 376 g/mol. The van der Waals surface area contributed by atoms with Gasteiger partial charge in [-0.15, -0.1) is 0 Å². The van der Waals surface area contributed by atoms with Gasteiger partial charge in [-0.1, -0.05) is 66.2 Å². The number of benzene rings is 3. The second-order valence-electron chi connectivity index (χ2n) is 6.98. The van der Waals surface area contributed by atoms with E-state index in [2.05, 4.69) is 0 Å². The number of Topliss-reactive ketones (excluding diaryl/α,β-unsaturated/α-hetero) is 1. The van der Waals surface area contributed by atoms with Gasteiger partial charge in [0.1, 0.15) is 5.75 Å². The minimum absolute atomic E-state index is 0.228. The van der Waals surface area contributed by atoms with Crippen molar-refractivity contribution in [3.05, 3.63) is 101 Å². The molecule has 0 aliphatic carbocycles. The number of para-hydroxylation sites is 1. The maximum absolute atomic E-state index is 13.0. The molecule has 0 bridgehead atoms. The van der Waals surface area contributed by atoms with Crippen LogP contribution in [0.1, 0.15) is 32.6 Å². The van der Waals surface area contributed by atoms with Crippen LogP contribution in [0.4, 0.5) is 0 Å². The van der Waals surface area contributed by atoms with Crippen LogP contribution in [0.25, 0.3) is 11.6 Å². The van der Waals surface area contributed by atoms with E-state index in [4.69, 9.17) is 9.47 Å². The fraction of sp³-hybridized carbons (Fsp3) is 0.154. The lowest BCUT2D eigenvalue weighted by Crippen LogP contribution is -2.16. The van der Waals surface area contributed by atoms with Gasteiger partial charge in [-0.2, -0.15) is 0 Å². The van der Waals surface area contributed by atoms with Crippen molar-refractivity contribution >= 4 is 23.4 Å². The molecule has 4 heteroatoms. The molecule has 0 radical (unpaired) electrons. The van der Waals surface area contributed by atoms with E-state index >= 15 is 0 Å². The molecule has 3 aromatic carbocycles. The lowest BCUT2D eigenvalue weighted by atomic mass is 10.0. The summed E-state index contributed by atoms with van der Waals surface area (Å²) in [7, 11) is 1.58. The van der Waals surface area contributed by atoms with E-state index in [0.29, 0.717) is 22.4 Å². The van der Waals surface area contributed by atoms with Crippen molar-refractivity contribution in [3.63, 3.8) is 0 Å². The normalized spacial score (nSPS) is 11.1. The molecule has 0 unspecified atom stereocenters. The molecule has 0 spiro atoms. The van der Waals surface area contributed by atoms with Gasteiger partial charge in [0.05, 0.1) is 12.7 Å². The first-order chi connectivity index (χ1) is 14.5. The molecule has 0 N–H and O–H groups in total. The van der Waals surface area contributed by atoms with Gasteiger partial charge in [0.15, 0.2) is 6.61 Å². The molecule has 0 aliphatic rings. The van der Waals surface area contributed by atoms with Crippen molar-refractivity contribution in [1.29, 1.82) is 0 Å². The van der Waals surface area contributed by atoms with Crippen molar-refractivity contribution in [2.45, 2.75) is 13.8 Å². The fourth-order valence-corrected chi connectivity index (χ4v) is 3.14. The molecule has 0 aromatic heterocycles. The van der Waals surface area contributed by atoms with Crippen LogP contribution in [-0.4, -0.2) is 25.5 Å². The Morgan fingerprint density at radius 3 is 2.33 bits per heavy atom. The van der Waals surface area contributed by atoms with E-state index in [1.54, 1.807) is 13.2 Å². The van der Waals surface area contributed by atoms with E-state index in [0.717, 1.165) is 16.7 Å². The molecule has 3 aromatic rings. The van der Waals surface area contributed by atoms with E-state index < -0.39 is 5.97 Å². The van der Waals surface area contributed by atoms with Crippen molar-refractivity contribution in [2.24, 2.45) is 0 Å². The second kappa shape index (κ2) is 9.70. The third kappa shape index (κ3) is 5.03. The number of rotatable bonds is 7. The van der Waals surface area contributed by atoms with Gasteiger partial charge in [0.25, 0.3) is 0 Å². The van der Waals surface area contributed by atoms with Gasteiger partial charge in [0, 0.05) is 11.1 Å². The van der Waals surface area contributed by atoms with Gasteiger partial charge in [0.2, 0.25) is 5.78 Å². The Labute approximate surface area is 176 Å². The zero-order valence-corrected chi connectivity index (χ0v) is 17.3. The van der Waals surface area contributed by atoms with E-state index in [9.17, 15) is 9.59 Å². The Kier molecular flexibility index (Phi) is 6.81. The zero-order chi connectivity index (χ0) is 21.5. The number of ketones is 1. The number of ether oxygens (including phenoxy) is 2. The molecule has 152 valence electrons. The average Bonchev–Trinajstić information content (AvgIpc) is 2.78. The summed E-state index contributed by atoms with van der Waals surface area (Å²) in [6.07, 6.45) is 1.72. The molecule has 0 saturated carbocycles. The van der Waals surface area contributed by atoms with Crippen LogP contribution in [0, 0.1) is 13.8 Å². The number of aryl methyl sites for hydroxylation is 2. The second-order valence-corrected chi connectivity index (χ2v) is 6.98. The van der Waals surface area contributed by atoms with E-state index in [1.807, 2.05) is 86.6 Å². The Morgan fingerprint density at radius 2 is 1.60 bits per heavy atom. The predicted octanol–water partition coefficient (Wildman–Crippen LogP) is 5.28. The summed E-state index contributed by atoms with van der Waals surface area (Å²) in [5.74, 6) is -0.148. The Hall–Kier alpha value is -3.66. The number of hydrogen-bond donors (Lipinski definition) is 0. The van der Waals surface area contributed by atoms with Crippen molar-refractivity contribution in [1.82, 2.24) is 0 Å². The number of hydrogen-bond acceptors (Lipinski definition) is 4. The highest BCUT2D eigenvalue weighted by molar-refractivity contribution is 6.22. The molecule has 0 heterocycles. The first-order valence-electron chi connectivity index (χ1n) is 9.67. The highest BCUT2D eigenvalue weighted by atomic mass is 16.5. The van der Waals surface area contributed by atoms with E-state index in [1.165, 1.54) is 0 Å². The van der Waals surface area contributed by atoms with Crippen LogP contribution in [0.15, 0.2) is 72.8 Å².